The first kappa shape index (κ1) is 14.9. The number of nitrogens with zero attached hydrogens (tertiary/aromatic N) is 1. The number of aryl methyl sites for hydroxylation is 1. The largest absolute Gasteiger partial charge is 0.392 e. The van der Waals surface area contributed by atoms with Crippen LogP contribution in [0.15, 0.2) is 18.2 Å². The lowest BCUT2D eigenvalue weighted by Gasteiger charge is -2.28. The van der Waals surface area contributed by atoms with Crippen LogP contribution >= 0.6 is 0 Å². The molecule has 3 rings (SSSR count). The number of nitrogens with one attached hydrogen (secondary N) is 1. The standard InChI is InChI=1S/C18H28N2O/c1-20-11-5-6-15-12-14(9-10-17(15)20)13-19-16-7-3-2-4-8-18(16)21/h9-10,12,16,18-19,21H,2-8,11,13H2,1H3. The van der Waals surface area contributed by atoms with E-state index < -0.39 is 0 Å². The van der Waals surface area contributed by atoms with E-state index in [0.29, 0.717) is 0 Å². The molecular formula is C18H28N2O. The summed E-state index contributed by atoms with van der Waals surface area (Å²) in [4.78, 5) is 2.35. The predicted octanol–water partition coefficient (Wildman–Crippen LogP) is 2.85. The normalized spacial score (nSPS) is 26.3. The minimum atomic E-state index is -0.170. The van der Waals surface area contributed by atoms with E-state index in [4.69, 9.17) is 0 Å². The number of aliphatic hydroxyl groups excluding tert-OH is 1. The quantitative estimate of drug-likeness (QED) is 0.840. The molecule has 3 nitrogen and oxygen atoms in total. The van der Waals surface area contributed by atoms with Crippen molar-refractivity contribution in [3.05, 3.63) is 29.3 Å². The zero-order valence-electron chi connectivity index (χ0n) is 13.1. The van der Waals surface area contributed by atoms with Gasteiger partial charge < -0.3 is 15.3 Å². The molecule has 1 heterocycles. The van der Waals surface area contributed by atoms with Gasteiger partial charge in [-0.15, -0.1) is 0 Å². The highest BCUT2D eigenvalue weighted by molar-refractivity contribution is 5.56. The number of anilines is 1. The van der Waals surface area contributed by atoms with E-state index in [9.17, 15) is 5.11 Å². The van der Waals surface area contributed by atoms with Gasteiger partial charge in [-0.05, 0) is 42.9 Å². The summed E-state index contributed by atoms with van der Waals surface area (Å²) in [6.07, 6.45) is 8.01. The van der Waals surface area contributed by atoms with Gasteiger partial charge in [0.15, 0.2) is 0 Å². The molecule has 1 fully saturated rings. The molecule has 0 radical (unpaired) electrons. The van der Waals surface area contributed by atoms with Gasteiger partial charge in [0.05, 0.1) is 6.10 Å². The van der Waals surface area contributed by atoms with Crippen LogP contribution in [0.3, 0.4) is 0 Å². The molecule has 1 saturated carbocycles. The van der Waals surface area contributed by atoms with E-state index in [1.807, 2.05) is 0 Å². The molecule has 1 aliphatic heterocycles. The summed E-state index contributed by atoms with van der Waals surface area (Å²) < 4.78 is 0. The molecule has 21 heavy (non-hydrogen) atoms. The van der Waals surface area contributed by atoms with E-state index in [2.05, 4.69) is 35.5 Å². The van der Waals surface area contributed by atoms with Crippen molar-refractivity contribution in [3.63, 3.8) is 0 Å². The second-order valence-electron chi connectivity index (χ2n) is 6.68. The van der Waals surface area contributed by atoms with Gasteiger partial charge in [0.25, 0.3) is 0 Å². The van der Waals surface area contributed by atoms with Gasteiger partial charge in [0.1, 0.15) is 0 Å². The molecule has 3 heteroatoms. The van der Waals surface area contributed by atoms with Crippen LogP contribution in [0.1, 0.15) is 49.7 Å². The Labute approximate surface area is 128 Å². The highest BCUT2D eigenvalue weighted by Crippen LogP contribution is 2.27. The molecule has 0 spiro atoms. The molecule has 1 aromatic rings. The number of hydrogen-bond donors (Lipinski definition) is 2. The Morgan fingerprint density at radius 2 is 2.05 bits per heavy atom. The van der Waals surface area contributed by atoms with Crippen molar-refractivity contribution in [1.82, 2.24) is 5.32 Å². The Hall–Kier alpha value is -1.06. The Morgan fingerprint density at radius 1 is 1.19 bits per heavy atom. The summed E-state index contributed by atoms with van der Waals surface area (Å²) in [5, 5.41) is 13.8. The number of fused-ring (bicyclic) bond motifs is 1. The summed E-state index contributed by atoms with van der Waals surface area (Å²) in [5.41, 5.74) is 4.21. The molecule has 1 aromatic carbocycles. The van der Waals surface area contributed by atoms with Crippen molar-refractivity contribution in [1.29, 1.82) is 0 Å². The first-order chi connectivity index (χ1) is 10.2. The van der Waals surface area contributed by atoms with Crippen molar-refractivity contribution in [2.75, 3.05) is 18.5 Å². The number of aliphatic hydroxyl groups is 1. The molecule has 2 unspecified atom stereocenters. The lowest BCUT2D eigenvalue weighted by atomic mass is 9.99. The fraction of sp³-hybridized carbons (Fsp3) is 0.667. The smallest absolute Gasteiger partial charge is 0.0693 e. The van der Waals surface area contributed by atoms with Crippen molar-refractivity contribution in [2.24, 2.45) is 0 Å². The van der Waals surface area contributed by atoms with Crippen LogP contribution in [-0.2, 0) is 13.0 Å². The van der Waals surface area contributed by atoms with E-state index >= 15 is 0 Å². The predicted molar refractivity (Wildman–Crippen MR) is 87.8 cm³/mol. The molecule has 2 N–H and O–H groups in total. The Balaban J connectivity index is 1.62. The van der Waals surface area contributed by atoms with E-state index in [-0.39, 0.29) is 12.1 Å². The Morgan fingerprint density at radius 3 is 2.95 bits per heavy atom. The summed E-state index contributed by atoms with van der Waals surface area (Å²) in [6, 6.07) is 7.11. The third-order valence-electron chi connectivity index (χ3n) is 5.04. The topological polar surface area (TPSA) is 35.5 Å². The van der Waals surface area contributed by atoms with Crippen LogP contribution in [0.4, 0.5) is 5.69 Å². The fourth-order valence-electron chi connectivity index (χ4n) is 3.72. The van der Waals surface area contributed by atoms with Crippen molar-refractivity contribution in [3.8, 4) is 0 Å². The zero-order valence-corrected chi connectivity index (χ0v) is 13.1. The molecule has 0 bridgehead atoms. The maximum Gasteiger partial charge on any atom is 0.0693 e. The SMILES string of the molecule is CN1CCCc2cc(CNC3CCCCCC3O)ccc21. The van der Waals surface area contributed by atoms with Crippen LogP contribution in [0.25, 0.3) is 0 Å². The molecule has 0 aromatic heterocycles. The van der Waals surface area contributed by atoms with Gasteiger partial charge in [0, 0.05) is 31.9 Å². The third-order valence-corrected chi connectivity index (χ3v) is 5.04. The minimum Gasteiger partial charge on any atom is -0.392 e. The van der Waals surface area contributed by atoms with Crippen LogP contribution in [-0.4, -0.2) is 30.8 Å². The van der Waals surface area contributed by atoms with E-state index in [0.717, 1.165) is 19.4 Å². The summed E-state index contributed by atoms with van der Waals surface area (Å²) in [7, 11) is 2.18. The van der Waals surface area contributed by atoms with Gasteiger partial charge in [0.2, 0.25) is 0 Å². The van der Waals surface area contributed by atoms with Crippen LogP contribution < -0.4 is 10.2 Å². The number of rotatable bonds is 3. The number of benzene rings is 1. The summed E-state index contributed by atoms with van der Waals surface area (Å²) >= 11 is 0. The second kappa shape index (κ2) is 6.80. The van der Waals surface area contributed by atoms with Crippen LogP contribution in [0, 0.1) is 0 Å². The maximum absolute atomic E-state index is 10.2. The average Bonchev–Trinajstić information content (AvgIpc) is 2.70. The zero-order chi connectivity index (χ0) is 14.7. The lowest BCUT2D eigenvalue weighted by Crippen LogP contribution is -2.38. The molecule has 2 aliphatic rings. The first-order valence-electron chi connectivity index (χ1n) is 8.48. The molecule has 2 atom stereocenters. The molecule has 0 saturated heterocycles. The Bertz CT molecular complexity index is 474. The molecule has 116 valence electrons. The molecule has 1 aliphatic carbocycles. The van der Waals surface area contributed by atoms with Crippen molar-refractivity contribution >= 4 is 5.69 Å². The summed E-state index contributed by atoms with van der Waals surface area (Å²) in [6.45, 7) is 2.04. The lowest BCUT2D eigenvalue weighted by molar-refractivity contribution is 0.119. The highest BCUT2D eigenvalue weighted by Gasteiger charge is 2.21. The van der Waals surface area contributed by atoms with E-state index in [1.165, 1.54) is 55.5 Å². The van der Waals surface area contributed by atoms with E-state index in [1.54, 1.807) is 0 Å². The van der Waals surface area contributed by atoms with Gasteiger partial charge in [-0.3, -0.25) is 0 Å². The van der Waals surface area contributed by atoms with Crippen LogP contribution in [0.2, 0.25) is 0 Å². The Kier molecular flexibility index (Phi) is 4.81. The highest BCUT2D eigenvalue weighted by atomic mass is 16.3. The fourth-order valence-corrected chi connectivity index (χ4v) is 3.72. The number of hydrogen-bond acceptors (Lipinski definition) is 3. The van der Waals surface area contributed by atoms with Gasteiger partial charge >= 0.3 is 0 Å². The van der Waals surface area contributed by atoms with Gasteiger partial charge in [-0.1, -0.05) is 31.4 Å². The van der Waals surface area contributed by atoms with Crippen LogP contribution in [0.5, 0.6) is 0 Å². The van der Waals surface area contributed by atoms with Crippen molar-refractivity contribution in [2.45, 2.75) is 63.6 Å². The van der Waals surface area contributed by atoms with Gasteiger partial charge in [-0.25, -0.2) is 0 Å². The monoisotopic (exact) mass is 288 g/mol. The second-order valence-corrected chi connectivity index (χ2v) is 6.68. The van der Waals surface area contributed by atoms with Gasteiger partial charge in [-0.2, -0.15) is 0 Å². The molecular weight excluding hydrogens is 260 g/mol. The minimum absolute atomic E-state index is 0.170. The third kappa shape index (κ3) is 3.58. The van der Waals surface area contributed by atoms with Crippen molar-refractivity contribution < 1.29 is 5.11 Å². The maximum atomic E-state index is 10.2. The average molecular weight is 288 g/mol. The first-order valence-corrected chi connectivity index (χ1v) is 8.48. The molecule has 0 amide bonds. The summed E-state index contributed by atoms with van der Waals surface area (Å²) in [5.74, 6) is 0.